The van der Waals surface area contributed by atoms with Crippen LogP contribution in [0.15, 0.2) is 4.47 Å². The van der Waals surface area contributed by atoms with E-state index in [1.165, 1.54) is 0 Å². The van der Waals surface area contributed by atoms with Crippen LogP contribution in [0.5, 0.6) is 0 Å². The van der Waals surface area contributed by atoms with E-state index in [1.54, 1.807) is 0 Å². The van der Waals surface area contributed by atoms with Crippen molar-refractivity contribution in [2.45, 2.75) is 12.8 Å². The van der Waals surface area contributed by atoms with E-state index in [0.717, 1.165) is 15.9 Å². The summed E-state index contributed by atoms with van der Waals surface area (Å²) in [5.41, 5.74) is 2.01. The molecule has 4 heteroatoms. The van der Waals surface area contributed by atoms with Gasteiger partial charge in [-0.05, 0) is 22.9 Å². The average Bonchev–Trinajstić information content (AvgIpc) is 2.17. The summed E-state index contributed by atoms with van der Waals surface area (Å²) in [5.74, 6) is 0.461. The van der Waals surface area contributed by atoms with Crippen molar-refractivity contribution in [3.8, 4) is 0 Å². The molecule has 0 saturated heterocycles. The van der Waals surface area contributed by atoms with Gasteiger partial charge in [0.1, 0.15) is 0 Å². The molecule has 1 aromatic heterocycles. The number of hydrogen-bond donors (Lipinski definition) is 0. The average molecular weight is 224 g/mol. The summed E-state index contributed by atoms with van der Waals surface area (Å²) in [6.07, 6.45) is 0. The van der Waals surface area contributed by atoms with E-state index < -0.39 is 0 Å². The zero-order chi connectivity index (χ0) is 7.72. The highest BCUT2D eigenvalue weighted by Gasteiger charge is 2.07. The summed E-state index contributed by atoms with van der Waals surface area (Å²) in [6, 6.07) is 0. The van der Waals surface area contributed by atoms with Gasteiger partial charge in [0, 0.05) is 12.7 Å². The van der Waals surface area contributed by atoms with Crippen molar-refractivity contribution in [3.63, 3.8) is 0 Å². The summed E-state index contributed by atoms with van der Waals surface area (Å²) >= 11 is 9.01. The van der Waals surface area contributed by atoms with Gasteiger partial charge in [0.15, 0.2) is 0 Å². The summed E-state index contributed by atoms with van der Waals surface area (Å²) in [5, 5.41) is 4.17. The molecule has 10 heavy (non-hydrogen) atoms. The highest BCUT2D eigenvalue weighted by Crippen LogP contribution is 2.20. The number of halogens is 2. The number of hydrogen-bond acceptors (Lipinski definition) is 1. The van der Waals surface area contributed by atoms with Gasteiger partial charge in [-0.15, -0.1) is 11.6 Å². The topological polar surface area (TPSA) is 17.8 Å². The van der Waals surface area contributed by atoms with Crippen LogP contribution >= 0.6 is 27.5 Å². The number of rotatable bonds is 1. The molecule has 0 radical (unpaired) electrons. The smallest absolute Gasteiger partial charge is 0.0916 e. The second-order valence-electron chi connectivity index (χ2n) is 2.10. The molecular weight excluding hydrogens is 215 g/mol. The van der Waals surface area contributed by atoms with Gasteiger partial charge in [-0.1, -0.05) is 0 Å². The molecule has 0 N–H and O–H groups in total. The predicted octanol–water partition coefficient (Wildman–Crippen LogP) is 2.23. The standard InChI is InChI=1S/C6H8BrClN2/c1-4-6(7)5(3-8)9-10(4)2/h3H2,1-2H3. The lowest BCUT2D eigenvalue weighted by atomic mass is 10.4. The first-order valence-corrected chi connectivity index (χ1v) is 4.23. The highest BCUT2D eigenvalue weighted by molar-refractivity contribution is 9.10. The second kappa shape index (κ2) is 2.93. The molecule has 0 fully saturated rings. The van der Waals surface area contributed by atoms with Gasteiger partial charge in [-0.3, -0.25) is 4.68 Å². The van der Waals surface area contributed by atoms with Crippen molar-refractivity contribution in [1.82, 2.24) is 9.78 Å². The minimum atomic E-state index is 0.461. The van der Waals surface area contributed by atoms with Crippen molar-refractivity contribution >= 4 is 27.5 Å². The highest BCUT2D eigenvalue weighted by atomic mass is 79.9. The molecule has 0 atom stereocenters. The first-order chi connectivity index (χ1) is 4.66. The Labute approximate surface area is 73.3 Å². The van der Waals surface area contributed by atoms with Crippen LogP contribution in [0.1, 0.15) is 11.4 Å². The van der Waals surface area contributed by atoms with E-state index in [9.17, 15) is 0 Å². The lowest BCUT2D eigenvalue weighted by molar-refractivity contribution is 0.729. The molecular formula is C6H8BrClN2. The van der Waals surface area contributed by atoms with Crippen molar-refractivity contribution < 1.29 is 0 Å². The second-order valence-corrected chi connectivity index (χ2v) is 3.16. The Bertz CT molecular complexity index is 244. The van der Waals surface area contributed by atoms with Crippen LogP contribution in [-0.4, -0.2) is 9.78 Å². The van der Waals surface area contributed by atoms with Gasteiger partial charge in [0.05, 0.1) is 16.0 Å². The Morgan fingerprint density at radius 3 is 2.50 bits per heavy atom. The Morgan fingerprint density at radius 2 is 2.30 bits per heavy atom. The van der Waals surface area contributed by atoms with Crippen LogP contribution in [0.3, 0.4) is 0 Å². The maximum atomic E-state index is 5.61. The molecule has 0 unspecified atom stereocenters. The molecule has 1 aromatic rings. The van der Waals surface area contributed by atoms with Gasteiger partial charge >= 0.3 is 0 Å². The maximum Gasteiger partial charge on any atom is 0.0916 e. The van der Waals surface area contributed by atoms with E-state index in [4.69, 9.17) is 11.6 Å². The minimum absolute atomic E-state index is 0.461. The van der Waals surface area contributed by atoms with E-state index in [1.807, 2.05) is 18.7 Å². The zero-order valence-electron chi connectivity index (χ0n) is 5.86. The molecule has 0 bridgehead atoms. The van der Waals surface area contributed by atoms with Crippen LogP contribution in [0.2, 0.25) is 0 Å². The number of aromatic nitrogens is 2. The first-order valence-electron chi connectivity index (χ1n) is 2.90. The Balaban J connectivity index is 3.17. The molecule has 0 amide bonds. The number of alkyl halides is 1. The largest absolute Gasteiger partial charge is 0.271 e. The van der Waals surface area contributed by atoms with Gasteiger partial charge < -0.3 is 0 Å². The molecule has 0 aliphatic heterocycles. The van der Waals surface area contributed by atoms with Gasteiger partial charge in [0.25, 0.3) is 0 Å². The molecule has 0 aromatic carbocycles. The van der Waals surface area contributed by atoms with E-state index in [-0.39, 0.29) is 0 Å². The molecule has 0 saturated carbocycles. The first kappa shape index (κ1) is 8.08. The fourth-order valence-corrected chi connectivity index (χ4v) is 1.56. The fraction of sp³-hybridized carbons (Fsp3) is 0.500. The van der Waals surface area contributed by atoms with Gasteiger partial charge in [0.2, 0.25) is 0 Å². The number of aryl methyl sites for hydroxylation is 1. The van der Waals surface area contributed by atoms with Gasteiger partial charge in [-0.25, -0.2) is 0 Å². The fourth-order valence-electron chi connectivity index (χ4n) is 0.736. The third-order valence-electron chi connectivity index (χ3n) is 1.45. The summed E-state index contributed by atoms with van der Waals surface area (Å²) in [7, 11) is 1.90. The normalized spacial score (nSPS) is 10.4. The van der Waals surface area contributed by atoms with Crippen LogP contribution in [-0.2, 0) is 12.9 Å². The quantitative estimate of drug-likeness (QED) is 0.668. The van der Waals surface area contributed by atoms with Crippen LogP contribution in [0, 0.1) is 6.92 Å². The number of nitrogens with zero attached hydrogens (tertiary/aromatic N) is 2. The van der Waals surface area contributed by atoms with Gasteiger partial charge in [-0.2, -0.15) is 5.10 Å². The third-order valence-corrected chi connectivity index (χ3v) is 2.74. The van der Waals surface area contributed by atoms with Crippen molar-refractivity contribution in [2.75, 3.05) is 0 Å². The third kappa shape index (κ3) is 1.20. The molecule has 0 aliphatic carbocycles. The molecule has 1 rings (SSSR count). The van der Waals surface area contributed by atoms with Crippen molar-refractivity contribution in [3.05, 3.63) is 15.9 Å². The predicted molar refractivity (Wildman–Crippen MR) is 45.2 cm³/mol. The molecule has 0 spiro atoms. The summed E-state index contributed by atoms with van der Waals surface area (Å²) < 4.78 is 2.83. The Kier molecular flexibility index (Phi) is 2.36. The lowest BCUT2D eigenvalue weighted by Gasteiger charge is -1.89. The van der Waals surface area contributed by atoms with Crippen LogP contribution < -0.4 is 0 Å². The lowest BCUT2D eigenvalue weighted by Crippen LogP contribution is -1.92. The van der Waals surface area contributed by atoms with Crippen molar-refractivity contribution in [2.24, 2.45) is 7.05 Å². The van der Waals surface area contributed by atoms with Crippen molar-refractivity contribution in [1.29, 1.82) is 0 Å². The molecule has 1 heterocycles. The SMILES string of the molecule is Cc1c(Br)c(CCl)nn1C. The summed E-state index contributed by atoms with van der Waals surface area (Å²) in [4.78, 5) is 0. The monoisotopic (exact) mass is 222 g/mol. The van der Waals surface area contributed by atoms with E-state index in [0.29, 0.717) is 5.88 Å². The zero-order valence-corrected chi connectivity index (χ0v) is 8.20. The van der Waals surface area contributed by atoms with E-state index in [2.05, 4.69) is 21.0 Å². The summed E-state index contributed by atoms with van der Waals surface area (Å²) in [6.45, 7) is 1.99. The van der Waals surface area contributed by atoms with Crippen LogP contribution in [0.4, 0.5) is 0 Å². The molecule has 2 nitrogen and oxygen atoms in total. The Morgan fingerprint density at radius 1 is 1.70 bits per heavy atom. The minimum Gasteiger partial charge on any atom is -0.271 e. The van der Waals surface area contributed by atoms with E-state index >= 15 is 0 Å². The molecule has 0 aliphatic rings. The Hall–Kier alpha value is -0.0200. The van der Waals surface area contributed by atoms with Crippen LogP contribution in [0.25, 0.3) is 0 Å². The maximum absolute atomic E-state index is 5.61. The molecule has 56 valence electrons.